The predicted molar refractivity (Wildman–Crippen MR) is 209 cm³/mol. The molecule has 5 aromatic carbocycles. The van der Waals surface area contributed by atoms with Crippen LogP contribution in [0.5, 0.6) is 0 Å². The maximum atomic E-state index is 4.88. The van der Waals surface area contributed by atoms with Gasteiger partial charge >= 0.3 is 0 Å². The van der Waals surface area contributed by atoms with E-state index in [1.807, 2.05) is 18.6 Å². The fourth-order valence-electron chi connectivity index (χ4n) is 7.90. The average Bonchev–Trinajstić information content (AvgIpc) is 3.70. The Balaban J connectivity index is 0.948. The lowest BCUT2D eigenvalue weighted by Gasteiger charge is -2.16. The molecule has 0 fully saturated rings. The van der Waals surface area contributed by atoms with Crippen LogP contribution in [0.2, 0.25) is 0 Å². The second kappa shape index (κ2) is 12.1. The molecule has 0 spiro atoms. The van der Waals surface area contributed by atoms with Crippen LogP contribution in [0.25, 0.3) is 60.8 Å². The molecule has 2 heterocycles. The summed E-state index contributed by atoms with van der Waals surface area (Å²) in [7, 11) is 2.15. The fourth-order valence-corrected chi connectivity index (χ4v) is 7.90. The van der Waals surface area contributed by atoms with Gasteiger partial charge in [-0.25, -0.2) is 9.97 Å². The van der Waals surface area contributed by atoms with Crippen LogP contribution in [-0.4, -0.2) is 20.7 Å². The number of hydrogen-bond acceptors (Lipinski definition) is 3. The smallest absolute Gasteiger partial charge is 0.160 e. The number of aromatic nitrogens is 3. The zero-order valence-corrected chi connectivity index (χ0v) is 28.3. The predicted octanol–water partition coefficient (Wildman–Crippen LogP) is 10.9. The summed E-state index contributed by atoms with van der Waals surface area (Å²) in [5.74, 6) is 0.774. The molecule has 0 atom stereocenters. The number of aliphatic imine (C=N–C) groups is 1. The van der Waals surface area contributed by atoms with Gasteiger partial charge in [-0.3, -0.25) is 4.99 Å². The molecule has 2 aromatic heterocycles. The number of fused-ring (bicyclic) bond motifs is 7. The Morgan fingerprint density at radius 3 is 2.46 bits per heavy atom. The molecule has 0 radical (unpaired) electrons. The van der Waals surface area contributed by atoms with Crippen molar-refractivity contribution in [1.82, 2.24) is 14.5 Å². The van der Waals surface area contributed by atoms with Gasteiger partial charge in [0.05, 0.1) is 11.4 Å². The van der Waals surface area contributed by atoms with E-state index in [4.69, 9.17) is 15.0 Å². The molecular weight excluding hydrogens is 609 g/mol. The second-order valence-corrected chi connectivity index (χ2v) is 13.2. The number of allylic oxidation sites excluding steroid dienone is 3. The SMILES string of the molecule is C=C(N=C/C(=C\C)c1ccc2cc(-c3cnc(C4=CCCc5c4n(C)c4ccccc54)nc3)ccc2c1)c1cccc2c1Cc1ccccc1-2. The summed E-state index contributed by atoms with van der Waals surface area (Å²) in [6, 6.07) is 36.9. The third-order valence-electron chi connectivity index (χ3n) is 10.4. The molecule has 50 heavy (non-hydrogen) atoms. The molecule has 0 unspecified atom stereocenters. The largest absolute Gasteiger partial charge is 0.343 e. The highest BCUT2D eigenvalue weighted by molar-refractivity contribution is 6.12. The molecule has 0 bridgehead atoms. The highest BCUT2D eigenvalue weighted by Gasteiger charge is 2.24. The van der Waals surface area contributed by atoms with Crippen molar-refractivity contribution in [3.63, 3.8) is 0 Å². The minimum atomic E-state index is 0.774. The van der Waals surface area contributed by atoms with Crippen molar-refractivity contribution in [3.05, 3.63) is 174 Å². The van der Waals surface area contributed by atoms with E-state index in [-0.39, 0.29) is 0 Å². The summed E-state index contributed by atoms with van der Waals surface area (Å²) < 4.78 is 2.29. The minimum Gasteiger partial charge on any atom is -0.343 e. The van der Waals surface area contributed by atoms with Gasteiger partial charge in [0.2, 0.25) is 0 Å². The molecule has 9 rings (SSSR count). The van der Waals surface area contributed by atoms with Crippen molar-refractivity contribution in [2.75, 3.05) is 0 Å². The van der Waals surface area contributed by atoms with E-state index in [1.165, 1.54) is 55.2 Å². The van der Waals surface area contributed by atoms with Gasteiger partial charge in [-0.05, 0) is 99.7 Å². The lowest BCUT2D eigenvalue weighted by atomic mass is 9.94. The van der Waals surface area contributed by atoms with Crippen LogP contribution in [0.3, 0.4) is 0 Å². The van der Waals surface area contributed by atoms with E-state index >= 15 is 0 Å². The Kier molecular flexibility index (Phi) is 7.24. The molecule has 2 aliphatic carbocycles. The molecule has 0 aliphatic heterocycles. The third-order valence-corrected chi connectivity index (χ3v) is 10.4. The van der Waals surface area contributed by atoms with Crippen molar-refractivity contribution in [3.8, 4) is 22.3 Å². The Labute approximate surface area is 292 Å². The fraction of sp³-hybridized carbons (Fsp3) is 0.109. The van der Waals surface area contributed by atoms with Gasteiger partial charge in [-0.15, -0.1) is 0 Å². The number of para-hydroxylation sites is 1. The van der Waals surface area contributed by atoms with Crippen LogP contribution in [0, 0.1) is 0 Å². The van der Waals surface area contributed by atoms with Gasteiger partial charge in [0.25, 0.3) is 0 Å². The van der Waals surface area contributed by atoms with Gasteiger partial charge in [-0.1, -0.05) is 104 Å². The monoisotopic (exact) mass is 644 g/mol. The topological polar surface area (TPSA) is 43.1 Å². The van der Waals surface area contributed by atoms with Crippen molar-refractivity contribution >= 4 is 44.7 Å². The molecular formula is C46H36N4. The van der Waals surface area contributed by atoms with Gasteiger partial charge in [0, 0.05) is 53.3 Å². The first-order chi connectivity index (χ1) is 24.6. The van der Waals surface area contributed by atoms with E-state index in [9.17, 15) is 0 Å². The lowest BCUT2D eigenvalue weighted by Crippen LogP contribution is -2.07. The Hall–Kier alpha value is -6.13. The van der Waals surface area contributed by atoms with E-state index in [0.29, 0.717) is 0 Å². The van der Waals surface area contributed by atoms with Crippen LogP contribution >= 0.6 is 0 Å². The summed E-state index contributed by atoms with van der Waals surface area (Å²) in [5.41, 5.74) is 16.5. The van der Waals surface area contributed by atoms with Crippen molar-refractivity contribution < 1.29 is 0 Å². The van der Waals surface area contributed by atoms with E-state index < -0.39 is 0 Å². The normalized spacial score (nSPS) is 13.8. The number of hydrogen-bond donors (Lipinski definition) is 0. The van der Waals surface area contributed by atoms with Crippen molar-refractivity contribution in [2.45, 2.75) is 26.2 Å². The first-order valence-corrected chi connectivity index (χ1v) is 17.3. The zero-order chi connectivity index (χ0) is 33.8. The third kappa shape index (κ3) is 4.95. The van der Waals surface area contributed by atoms with E-state index in [1.54, 1.807) is 0 Å². The van der Waals surface area contributed by atoms with Crippen LogP contribution in [-0.2, 0) is 19.9 Å². The standard InChI is InChI=1S/C46H36N4/c1-4-30(26-47-29(2)37-14-9-15-39-38-12-6-5-11-35(38)25-43(37)39)31-19-20-33-24-34(22-21-32(33)23-31)36-27-48-46(49-28-36)42-17-10-16-41-40-13-7-8-18-44(40)50(3)45(41)42/h4-9,11-15,17-24,26-28H,2,10,16,25H2,1,3H3/b30-4+,47-26?. The average molecular weight is 645 g/mol. The molecule has 0 N–H and O–H groups in total. The summed E-state index contributed by atoms with van der Waals surface area (Å²) >= 11 is 0. The van der Waals surface area contributed by atoms with Crippen molar-refractivity contribution in [1.29, 1.82) is 0 Å². The Morgan fingerprint density at radius 1 is 0.800 bits per heavy atom. The summed E-state index contributed by atoms with van der Waals surface area (Å²) in [5, 5.41) is 3.67. The molecule has 4 nitrogen and oxygen atoms in total. The summed E-state index contributed by atoms with van der Waals surface area (Å²) in [6.45, 7) is 6.43. The molecule has 0 saturated carbocycles. The second-order valence-electron chi connectivity index (χ2n) is 13.2. The minimum absolute atomic E-state index is 0.774. The van der Waals surface area contributed by atoms with Crippen molar-refractivity contribution in [2.24, 2.45) is 12.0 Å². The van der Waals surface area contributed by atoms with Gasteiger partial charge in [0.1, 0.15) is 0 Å². The molecule has 240 valence electrons. The maximum absolute atomic E-state index is 4.88. The first kappa shape index (κ1) is 30.0. The molecule has 0 saturated heterocycles. The molecule has 4 heteroatoms. The van der Waals surface area contributed by atoms with E-state index in [2.05, 4.69) is 140 Å². The van der Waals surface area contributed by atoms with Gasteiger partial charge in [0.15, 0.2) is 5.82 Å². The highest BCUT2D eigenvalue weighted by Crippen LogP contribution is 2.40. The Morgan fingerprint density at radius 2 is 1.58 bits per heavy atom. The molecule has 0 amide bonds. The van der Waals surface area contributed by atoms with Gasteiger partial charge in [-0.2, -0.15) is 0 Å². The molecule has 2 aliphatic rings. The lowest BCUT2D eigenvalue weighted by molar-refractivity contribution is 0.891. The van der Waals surface area contributed by atoms with Crippen LogP contribution in [0.15, 0.2) is 139 Å². The Bertz CT molecular complexity index is 2590. The maximum Gasteiger partial charge on any atom is 0.160 e. The number of nitrogens with zero attached hydrogens (tertiary/aromatic N) is 4. The van der Waals surface area contributed by atoms with Gasteiger partial charge < -0.3 is 4.57 Å². The number of rotatable bonds is 6. The highest BCUT2D eigenvalue weighted by atomic mass is 15.0. The van der Waals surface area contributed by atoms with Crippen LogP contribution in [0.4, 0.5) is 0 Å². The van der Waals surface area contributed by atoms with Crippen LogP contribution in [0.1, 0.15) is 52.7 Å². The first-order valence-electron chi connectivity index (χ1n) is 17.3. The summed E-state index contributed by atoms with van der Waals surface area (Å²) in [6.07, 6.45) is 13.2. The van der Waals surface area contributed by atoms with E-state index in [0.717, 1.165) is 64.2 Å². The molecule has 7 aromatic rings. The number of aryl methyl sites for hydroxylation is 2. The van der Waals surface area contributed by atoms with Crippen LogP contribution < -0.4 is 0 Å². The quantitative estimate of drug-likeness (QED) is 0.169. The summed E-state index contributed by atoms with van der Waals surface area (Å²) in [4.78, 5) is 14.6. The number of benzene rings is 5. The zero-order valence-electron chi connectivity index (χ0n) is 28.3.